The number of nitrogens with one attached hydrogen (secondary N) is 1. The third-order valence-corrected chi connectivity index (χ3v) is 7.71. The van der Waals surface area contributed by atoms with Gasteiger partial charge in [0.25, 0.3) is 5.91 Å². The number of rotatable bonds is 15. The largest absolute Gasteiger partial charge is 0.534 e. The van der Waals surface area contributed by atoms with E-state index in [0.29, 0.717) is 29.4 Å². The molecule has 3 aromatic carbocycles. The summed E-state index contributed by atoms with van der Waals surface area (Å²) in [6.07, 6.45) is 9.26. The van der Waals surface area contributed by atoms with E-state index >= 15 is 0 Å². The lowest BCUT2D eigenvalue weighted by Crippen LogP contribution is -2.28. The summed E-state index contributed by atoms with van der Waals surface area (Å²) in [6.45, 7) is 10.4. The molecule has 0 aliphatic heterocycles. The standard InChI is InChI=1S/C31H32F3NO6S.C4H10/c1-3-22(30(37)35-19-18-29(36)40-4-2)10-8-9-13-28(23-11-6-5-7-12-23)26-15-14-25-21-27(17-16-24(25)20-26)41-42(38,39)31(32,33)34;1-3-4-2/h3,5-12,14-17,20-21,28-29,36H,1,4,13,18-19H2,2H3,(H,35,37);3-4H2,1-2H3/b9-8+,22-10+;. The average molecular weight is 662 g/mol. The number of allylic oxidation sites excluding steroid dienone is 3. The Labute approximate surface area is 269 Å². The van der Waals surface area contributed by atoms with Crippen molar-refractivity contribution >= 4 is 26.8 Å². The van der Waals surface area contributed by atoms with Crippen molar-refractivity contribution in [1.82, 2.24) is 5.32 Å². The Morgan fingerprint density at radius 3 is 2.24 bits per heavy atom. The summed E-state index contributed by atoms with van der Waals surface area (Å²) in [7, 11) is -5.77. The van der Waals surface area contributed by atoms with Gasteiger partial charge in [0.2, 0.25) is 0 Å². The molecule has 0 saturated carbocycles. The molecule has 46 heavy (non-hydrogen) atoms. The fourth-order valence-electron chi connectivity index (χ4n) is 4.14. The number of alkyl halides is 3. The van der Waals surface area contributed by atoms with E-state index in [1.807, 2.05) is 48.5 Å². The van der Waals surface area contributed by atoms with Gasteiger partial charge in [-0.05, 0) is 53.5 Å². The molecule has 0 aliphatic rings. The molecule has 0 bridgehead atoms. The predicted molar refractivity (Wildman–Crippen MR) is 176 cm³/mol. The van der Waals surface area contributed by atoms with Gasteiger partial charge in [0, 0.05) is 31.1 Å². The normalized spacial score (nSPS) is 13.5. The number of ether oxygens (including phenoxy) is 1. The van der Waals surface area contributed by atoms with Crippen LogP contribution in [0, 0.1) is 0 Å². The number of unbranched alkanes of at least 4 members (excludes halogenated alkanes) is 1. The first-order valence-corrected chi connectivity index (χ1v) is 16.4. The summed E-state index contributed by atoms with van der Waals surface area (Å²) in [5.74, 6) is -0.865. The van der Waals surface area contributed by atoms with Crippen molar-refractivity contribution in [3.8, 4) is 5.75 Å². The number of fused-ring (bicyclic) bond motifs is 1. The Bertz CT molecular complexity index is 1570. The van der Waals surface area contributed by atoms with E-state index in [9.17, 15) is 31.5 Å². The first-order valence-electron chi connectivity index (χ1n) is 15.0. The summed E-state index contributed by atoms with van der Waals surface area (Å²) < 4.78 is 70.2. The molecule has 1 amide bonds. The summed E-state index contributed by atoms with van der Waals surface area (Å²) >= 11 is 0. The van der Waals surface area contributed by atoms with Crippen LogP contribution in [0.4, 0.5) is 13.2 Å². The van der Waals surface area contributed by atoms with Crippen LogP contribution in [0.5, 0.6) is 5.75 Å². The van der Waals surface area contributed by atoms with Crippen molar-refractivity contribution < 1.29 is 40.4 Å². The minimum Gasteiger partial charge on any atom is -0.376 e. The number of hydrogen-bond acceptors (Lipinski definition) is 6. The van der Waals surface area contributed by atoms with E-state index in [1.54, 1.807) is 25.1 Å². The number of benzene rings is 3. The zero-order valence-electron chi connectivity index (χ0n) is 26.3. The van der Waals surface area contributed by atoms with Crippen molar-refractivity contribution in [2.75, 3.05) is 13.2 Å². The zero-order valence-corrected chi connectivity index (χ0v) is 27.1. The maximum absolute atomic E-state index is 12.7. The van der Waals surface area contributed by atoms with Crippen LogP contribution in [-0.4, -0.2) is 44.4 Å². The molecule has 3 rings (SSSR count). The van der Waals surface area contributed by atoms with Gasteiger partial charge in [-0.25, -0.2) is 0 Å². The lowest BCUT2D eigenvalue weighted by atomic mass is 9.87. The molecule has 2 N–H and O–H groups in total. The highest BCUT2D eigenvalue weighted by molar-refractivity contribution is 7.88. The van der Waals surface area contributed by atoms with Crippen molar-refractivity contribution in [2.45, 2.75) is 64.2 Å². The molecule has 0 saturated heterocycles. The number of hydrogen-bond donors (Lipinski definition) is 2. The Balaban J connectivity index is 0.00000173. The van der Waals surface area contributed by atoms with Gasteiger partial charge in [-0.3, -0.25) is 4.79 Å². The number of carbonyl (C=O) groups excluding carboxylic acids is 1. The first kappa shape index (κ1) is 38.3. The molecule has 7 nitrogen and oxygen atoms in total. The van der Waals surface area contributed by atoms with E-state index < -0.39 is 27.7 Å². The molecule has 0 spiro atoms. The van der Waals surface area contributed by atoms with Crippen molar-refractivity contribution in [3.05, 3.63) is 114 Å². The molecule has 0 fully saturated rings. The van der Waals surface area contributed by atoms with E-state index in [2.05, 4.69) is 29.9 Å². The van der Waals surface area contributed by atoms with Crippen LogP contribution in [0.2, 0.25) is 0 Å². The van der Waals surface area contributed by atoms with E-state index in [-0.39, 0.29) is 24.8 Å². The van der Waals surface area contributed by atoms with Crippen LogP contribution in [0.1, 0.15) is 63.5 Å². The Hall–Kier alpha value is -3.93. The van der Waals surface area contributed by atoms with Gasteiger partial charge in [-0.15, -0.1) is 0 Å². The quantitative estimate of drug-likeness (QED) is 0.0564. The molecule has 2 unspecified atom stereocenters. The topological polar surface area (TPSA) is 102 Å². The Kier molecular flexibility index (Phi) is 15.7. The predicted octanol–water partition coefficient (Wildman–Crippen LogP) is 7.93. The van der Waals surface area contributed by atoms with Crippen molar-refractivity contribution in [2.24, 2.45) is 0 Å². The second-order valence-electron chi connectivity index (χ2n) is 10.2. The van der Waals surface area contributed by atoms with Gasteiger partial charge < -0.3 is 19.3 Å². The van der Waals surface area contributed by atoms with E-state index in [1.165, 1.54) is 37.1 Å². The Morgan fingerprint density at radius 2 is 1.63 bits per heavy atom. The second kappa shape index (κ2) is 18.9. The van der Waals surface area contributed by atoms with Crippen LogP contribution < -0.4 is 9.50 Å². The lowest BCUT2D eigenvalue weighted by molar-refractivity contribution is -0.118. The molecule has 0 heterocycles. The smallest absolute Gasteiger partial charge is 0.376 e. The van der Waals surface area contributed by atoms with Crippen LogP contribution >= 0.6 is 0 Å². The van der Waals surface area contributed by atoms with Gasteiger partial charge in [0.1, 0.15) is 5.75 Å². The molecule has 3 aromatic rings. The van der Waals surface area contributed by atoms with Crippen LogP contribution in [0.25, 0.3) is 10.8 Å². The molecular weight excluding hydrogens is 619 g/mol. The van der Waals surface area contributed by atoms with E-state index in [4.69, 9.17) is 4.74 Å². The molecule has 0 aromatic heterocycles. The highest BCUT2D eigenvalue weighted by Gasteiger charge is 2.48. The minimum atomic E-state index is -5.77. The van der Waals surface area contributed by atoms with E-state index in [0.717, 1.165) is 11.1 Å². The van der Waals surface area contributed by atoms with Gasteiger partial charge in [0.05, 0.1) is 0 Å². The number of amides is 1. The van der Waals surface area contributed by atoms with Crippen LogP contribution in [0.15, 0.2) is 103 Å². The van der Waals surface area contributed by atoms with Crippen LogP contribution in [-0.2, 0) is 19.6 Å². The maximum atomic E-state index is 12.7. The highest BCUT2D eigenvalue weighted by atomic mass is 32.2. The molecule has 250 valence electrons. The Morgan fingerprint density at radius 1 is 0.978 bits per heavy atom. The average Bonchev–Trinajstić information content (AvgIpc) is 3.02. The maximum Gasteiger partial charge on any atom is 0.534 e. The number of halogens is 3. The summed E-state index contributed by atoms with van der Waals surface area (Å²) in [6, 6.07) is 19.0. The number of carbonyl (C=O) groups is 1. The molecule has 0 aliphatic carbocycles. The summed E-state index contributed by atoms with van der Waals surface area (Å²) in [4.78, 5) is 12.5. The monoisotopic (exact) mass is 661 g/mol. The second-order valence-corrected chi connectivity index (χ2v) is 11.7. The minimum absolute atomic E-state index is 0.0946. The van der Waals surface area contributed by atoms with Crippen LogP contribution in [0.3, 0.4) is 0 Å². The molecular formula is C35H42F3NO6S. The van der Waals surface area contributed by atoms with Crippen molar-refractivity contribution in [1.29, 1.82) is 0 Å². The van der Waals surface area contributed by atoms with Gasteiger partial charge >= 0.3 is 15.6 Å². The lowest BCUT2D eigenvalue weighted by Gasteiger charge is -2.17. The first-order chi connectivity index (χ1) is 21.9. The zero-order chi connectivity index (χ0) is 34.2. The number of aliphatic hydroxyl groups excluding tert-OH is 1. The fraction of sp³-hybridized carbons (Fsp3) is 0.343. The van der Waals surface area contributed by atoms with Gasteiger partial charge in [-0.2, -0.15) is 21.6 Å². The SMILES string of the molecule is C=C/C(=C\C=C\CC(c1ccccc1)c1ccc2cc(OS(=O)(=O)C(F)(F)F)ccc2c1)C(=O)NCCC(O)OCC.CCCC. The molecule has 11 heteroatoms. The number of aliphatic hydroxyl groups is 1. The summed E-state index contributed by atoms with van der Waals surface area (Å²) in [5.41, 5.74) is -3.23. The van der Waals surface area contributed by atoms with Gasteiger partial charge in [-0.1, -0.05) is 106 Å². The highest BCUT2D eigenvalue weighted by Crippen LogP contribution is 2.33. The third-order valence-electron chi connectivity index (χ3n) is 6.73. The third kappa shape index (κ3) is 12.1. The molecule has 0 radical (unpaired) electrons. The molecule has 2 atom stereocenters. The van der Waals surface area contributed by atoms with Crippen molar-refractivity contribution in [3.63, 3.8) is 0 Å². The summed E-state index contributed by atoms with van der Waals surface area (Å²) in [5, 5.41) is 13.5. The fourth-order valence-corrected chi connectivity index (χ4v) is 4.60. The van der Waals surface area contributed by atoms with Gasteiger partial charge in [0.15, 0.2) is 6.29 Å².